The van der Waals surface area contributed by atoms with E-state index in [0.717, 1.165) is 64.3 Å². The molecule has 4 aromatic rings. The van der Waals surface area contributed by atoms with E-state index in [-0.39, 0.29) is 0 Å². The number of hydrogen-bond donors (Lipinski definition) is 1. The minimum atomic E-state index is 0.432. The Kier molecular flexibility index (Phi) is 5.22. The number of hydrogen-bond acceptors (Lipinski definition) is 7. The van der Waals surface area contributed by atoms with E-state index in [1.54, 1.807) is 20.4 Å². The molecule has 1 unspecified atom stereocenters. The quantitative estimate of drug-likeness (QED) is 0.491. The molecular formula is C26H26N6O2. The molecule has 0 saturated carbocycles. The third-order valence-electron chi connectivity index (χ3n) is 6.65. The first-order valence-corrected chi connectivity index (χ1v) is 11.6. The van der Waals surface area contributed by atoms with E-state index in [9.17, 15) is 0 Å². The molecule has 1 aliphatic carbocycles. The molecule has 8 nitrogen and oxygen atoms in total. The Bertz CT molecular complexity index is 1380. The molecule has 172 valence electrons. The maximum absolute atomic E-state index is 5.33. The monoisotopic (exact) mass is 454 g/mol. The standard InChI is InChI=1S/C26H26N6O2/c1-33-24-11-17(12-25(31-24)34-2)22-14-28-21-8-6-19(26(21)30-22)16-5-7-20-23(10-16)32(15-29-20)18-4-3-9-27-13-18/h5-7,10-12,14-15,18,27H,3-4,8-9,13H2,1-2H3. The van der Waals surface area contributed by atoms with Crippen molar-refractivity contribution in [1.29, 1.82) is 0 Å². The summed E-state index contributed by atoms with van der Waals surface area (Å²) in [6.45, 7) is 2.07. The van der Waals surface area contributed by atoms with Gasteiger partial charge in [0.1, 0.15) is 0 Å². The lowest BCUT2D eigenvalue weighted by Gasteiger charge is -2.24. The van der Waals surface area contributed by atoms with Gasteiger partial charge in [-0.15, -0.1) is 0 Å². The topological polar surface area (TPSA) is 87.0 Å². The van der Waals surface area contributed by atoms with Crippen molar-refractivity contribution in [3.05, 3.63) is 65.9 Å². The molecule has 1 fully saturated rings. The first kappa shape index (κ1) is 20.8. The number of rotatable bonds is 5. The van der Waals surface area contributed by atoms with E-state index in [2.05, 4.69) is 44.1 Å². The van der Waals surface area contributed by atoms with Gasteiger partial charge in [0, 0.05) is 42.3 Å². The lowest BCUT2D eigenvalue weighted by atomic mass is 10.0. The molecule has 3 aromatic heterocycles. The summed E-state index contributed by atoms with van der Waals surface area (Å²) in [5.74, 6) is 0.951. The van der Waals surface area contributed by atoms with Gasteiger partial charge in [-0.25, -0.2) is 9.97 Å². The van der Waals surface area contributed by atoms with Crippen LogP contribution in [0.25, 0.3) is 27.9 Å². The number of methoxy groups -OCH3 is 2. The molecule has 0 amide bonds. The highest BCUT2D eigenvalue weighted by molar-refractivity contribution is 5.88. The highest BCUT2D eigenvalue weighted by atomic mass is 16.5. The van der Waals surface area contributed by atoms with Gasteiger partial charge in [0.2, 0.25) is 11.8 Å². The van der Waals surface area contributed by atoms with Crippen LogP contribution in [0.15, 0.2) is 48.9 Å². The van der Waals surface area contributed by atoms with Crippen molar-refractivity contribution >= 4 is 16.6 Å². The van der Waals surface area contributed by atoms with Crippen LogP contribution in [0.1, 0.15) is 35.8 Å². The number of piperidine rings is 1. The zero-order valence-electron chi connectivity index (χ0n) is 19.3. The summed E-state index contributed by atoms with van der Waals surface area (Å²) in [6.07, 6.45) is 9.12. The van der Waals surface area contributed by atoms with Crippen molar-refractivity contribution in [1.82, 2.24) is 29.8 Å². The molecular weight excluding hydrogens is 428 g/mol. The number of ether oxygens (including phenoxy) is 2. The molecule has 0 bridgehead atoms. The Morgan fingerprint density at radius 1 is 1.00 bits per heavy atom. The maximum atomic E-state index is 5.33. The van der Waals surface area contributed by atoms with Gasteiger partial charge in [0.15, 0.2) is 0 Å². The average molecular weight is 455 g/mol. The first-order valence-electron chi connectivity index (χ1n) is 11.6. The molecule has 1 aliphatic heterocycles. The van der Waals surface area contributed by atoms with Crippen molar-refractivity contribution in [2.24, 2.45) is 0 Å². The largest absolute Gasteiger partial charge is 0.481 e. The molecule has 0 radical (unpaired) electrons. The second-order valence-corrected chi connectivity index (χ2v) is 8.67. The van der Waals surface area contributed by atoms with Crippen LogP contribution >= 0.6 is 0 Å². The van der Waals surface area contributed by atoms with Gasteiger partial charge in [-0.05, 0) is 37.1 Å². The van der Waals surface area contributed by atoms with Crippen LogP contribution < -0.4 is 14.8 Å². The minimum Gasteiger partial charge on any atom is -0.481 e. The number of imidazole rings is 1. The minimum absolute atomic E-state index is 0.432. The van der Waals surface area contributed by atoms with E-state index < -0.39 is 0 Å². The van der Waals surface area contributed by atoms with Crippen LogP contribution in [0, 0.1) is 0 Å². The van der Waals surface area contributed by atoms with Crippen LogP contribution in [0.4, 0.5) is 0 Å². The molecule has 0 spiro atoms. The van der Waals surface area contributed by atoms with E-state index in [0.29, 0.717) is 17.8 Å². The van der Waals surface area contributed by atoms with Crippen LogP contribution in [0.3, 0.4) is 0 Å². The first-order chi connectivity index (χ1) is 16.7. The summed E-state index contributed by atoms with van der Waals surface area (Å²) >= 11 is 0. The number of nitrogens with one attached hydrogen (secondary N) is 1. The fraction of sp³-hybridized carbons (Fsp3) is 0.308. The van der Waals surface area contributed by atoms with Gasteiger partial charge < -0.3 is 19.4 Å². The molecule has 1 aromatic carbocycles. The Morgan fingerprint density at radius 3 is 2.62 bits per heavy atom. The SMILES string of the molecule is COc1cc(-c2cnc3c(n2)C(c2ccc4ncn(C5CCCNC5)c4c2)=CC3)cc(OC)n1. The van der Waals surface area contributed by atoms with Crippen LogP contribution in [0.5, 0.6) is 11.8 Å². The third-order valence-corrected chi connectivity index (χ3v) is 6.65. The summed E-state index contributed by atoms with van der Waals surface area (Å²) in [5.41, 5.74) is 7.92. The summed E-state index contributed by atoms with van der Waals surface area (Å²) in [4.78, 5) is 18.7. The summed E-state index contributed by atoms with van der Waals surface area (Å²) < 4.78 is 13.0. The Hall–Kier alpha value is -3.78. The second kappa shape index (κ2) is 8.53. The molecule has 6 rings (SSSR count). The lowest BCUT2D eigenvalue weighted by molar-refractivity contribution is 0.365. The average Bonchev–Trinajstić information content (AvgIpc) is 3.52. The van der Waals surface area contributed by atoms with Crippen molar-refractivity contribution in [2.45, 2.75) is 25.3 Å². The molecule has 1 N–H and O–H groups in total. The van der Waals surface area contributed by atoms with Crippen molar-refractivity contribution in [2.75, 3.05) is 27.3 Å². The predicted molar refractivity (Wildman–Crippen MR) is 130 cm³/mol. The molecule has 1 saturated heterocycles. The third kappa shape index (κ3) is 3.60. The van der Waals surface area contributed by atoms with Crippen molar-refractivity contribution < 1.29 is 9.47 Å². The summed E-state index contributed by atoms with van der Waals surface area (Å²) in [7, 11) is 3.18. The van der Waals surface area contributed by atoms with E-state index in [1.165, 1.54) is 12.8 Å². The molecule has 4 heterocycles. The van der Waals surface area contributed by atoms with Crippen LogP contribution in [0.2, 0.25) is 0 Å². The van der Waals surface area contributed by atoms with Crippen molar-refractivity contribution in [3.8, 4) is 23.0 Å². The van der Waals surface area contributed by atoms with Gasteiger partial charge in [0.05, 0.1) is 54.9 Å². The summed E-state index contributed by atoms with van der Waals surface area (Å²) in [6, 6.07) is 10.6. The second-order valence-electron chi connectivity index (χ2n) is 8.67. The lowest BCUT2D eigenvalue weighted by Crippen LogP contribution is -2.31. The molecule has 34 heavy (non-hydrogen) atoms. The van der Waals surface area contributed by atoms with Gasteiger partial charge in [-0.3, -0.25) is 4.98 Å². The fourth-order valence-corrected chi connectivity index (χ4v) is 4.86. The van der Waals surface area contributed by atoms with Gasteiger partial charge in [0.25, 0.3) is 0 Å². The highest BCUT2D eigenvalue weighted by Gasteiger charge is 2.22. The van der Waals surface area contributed by atoms with Gasteiger partial charge in [-0.1, -0.05) is 12.1 Å². The number of benzene rings is 1. The van der Waals surface area contributed by atoms with Crippen LogP contribution in [-0.2, 0) is 6.42 Å². The van der Waals surface area contributed by atoms with E-state index >= 15 is 0 Å². The predicted octanol–water partition coefficient (Wildman–Crippen LogP) is 3.82. The summed E-state index contributed by atoms with van der Waals surface area (Å²) in [5, 5.41) is 3.51. The van der Waals surface area contributed by atoms with E-state index in [4.69, 9.17) is 19.4 Å². The van der Waals surface area contributed by atoms with Gasteiger partial charge >= 0.3 is 0 Å². The Morgan fingerprint density at radius 2 is 1.85 bits per heavy atom. The molecule has 1 atom stereocenters. The van der Waals surface area contributed by atoms with Crippen LogP contribution in [-0.4, -0.2) is 51.8 Å². The number of aromatic nitrogens is 5. The molecule has 2 aliphatic rings. The number of nitrogens with zero attached hydrogens (tertiary/aromatic N) is 5. The Balaban J connectivity index is 1.39. The Labute approximate surface area is 197 Å². The van der Waals surface area contributed by atoms with E-state index in [1.807, 2.05) is 18.5 Å². The number of allylic oxidation sites excluding steroid dienone is 1. The number of pyridine rings is 1. The zero-order valence-corrected chi connectivity index (χ0v) is 19.3. The normalized spacial score (nSPS) is 17.5. The smallest absolute Gasteiger partial charge is 0.216 e. The van der Waals surface area contributed by atoms with Crippen molar-refractivity contribution in [3.63, 3.8) is 0 Å². The highest BCUT2D eigenvalue weighted by Crippen LogP contribution is 2.35. The van der Waals surface area contributed by atoms with Gasteiger partial charge in [-0.2, -0.15) is 4.98 Å². The number of fused-ring (bicyclic) bond motifs is 2. The maximum Gasteiger partial charge on any atom is 0.216 e. The zero-order chi connectivity index (χ0) is 23.1. The fourth-order valence-electron chi connectivity index (χ4n) is 4.86. The molecule has 8 heteroatoms.